The van der Waals surface area contributed by atoms with Gasteiger partial charge in [-0.25, -0.2) is 0 Å². The molecule has 3 heterocycles. The number of hydrogen-bond acceptors (Lipinski definition) is 15. The summed E-state index contributed by atoms with van der Waals surface area (Å²) in [4.78, 5) is 41.0. The zero-order valence-electron chi connectivity index (χ0n) is 34.2. The molecule has 0 aromatic rings. The predicted molar refractivity (Wildman–Crippen MR) is 201 cm³/mol. The van der Waals surface area contributed by atoms with Crippen molar-refractivity contribution in [2.45, 2.75) is 154 Å². The Labute approximate surface area is 326 Å². The fraction of sp³-hybridized carbons (Fsp3) is 0.825. The largest absolute Gasteiger partial charge is 0.462 e. The van der Waals surface area contributed by atoms with E-state index in [1.165, 1.54) is 20.3 Å². The van der Waals surface area contributed by atoms with E-state index in [-0.39, 0.29) is 25.2 Å². The van der Waals surface area contributed by atoms with E-state index in [0.29, 0.717) is 18.5 Å². The Bertz CT molecular complexity index is 1280. The van der Waals surface area contributed by atoms with Crippen LogP contribution < -0.4 is 0 Å². The van der Waals surface area contributed by atoms with Crippen molar-refractivity contribution >= 4 is 18.0 Å². The van der Waals surface area contributed by atoms with Gasteiger partial charge in [-0.05, 0) is 59.2 Å². The minimum atomic E-state index is -1.32. The van der Waals surface area contributed by atoms with E-state index in [0.717, 1.165) is 6.29 Å². The first-order chi connectivity index (χ1) is 26.0. The summed E-state index contributed by atoms with van der Waals surface area (Å²) >= 11 is 0. The average Bonchev–Trinajstić information content (AvgIpc) is 3.15. The molecule has 0 aromatic carbocycles. The lowest BCUT2D eigenvalue weighted by molar-refractivity contribution is -0.305. The van der Waals surface area contributed by atoms with Gasteiger partial charge in [0.05, 0.1) is 49.6 Å². The minimum Gasteiger partial charge on any atom is -0.462 e. The zero-order valence-corrected chi connectivity index (χ0v) is 34.2. The van der Waals surface area contributed by atoms with Crippen LogP contribution in [0.25, 0.3) is 0 Å². The predicted octanol–water partition coefficient (Wildman–Crippen LogP) is 1.95. The fourth-order valence-electron chi connectivity index (χ4n) is 7.88. The highest BCUT2D eigenvalue weighted by atomic mass is 16.7. The first-order valence-electron chi connectivity index (χ1n) is 19.6. The van der Waals surface area contributed by atoms with Gasteiger partial charge in [0.2, 0.25) is 0 Å². The molecule has 17 atom stereocenters. The molecule has 3 aliphatic rings. The van der Waals surface area contributed by atoms with E-state index < -0.39 is 116 Å². The van der Waals surface area contributed by atoms with Crippen LogP contribution in [0, 0.1) is 23.7 Å². The molecule has 0 bridgehead atoms. The number of nitrogens with zero attached hydrogens (tertiary/aromatic N) is 1. The fourth-order valence-corrected chi connectivity index (χ4v) is 7.88. The highest BCUT2D eigenvalue weighted by molar-refractivity contribution is 5.91. The molecule has 3 aliphatic heterocycles. The summed E-state index contributed by atoms with van der Waals surface area (Å²) in [6.45, 7) is 12.9. The molecule has 316 valence electrons. The molecule has 15 nitrogen and oxygen atoms in total. The third-order valence-electron chi connectivity index (χ3n) is 11.5. The van der Waals surface area contributed by atoms with E-state index in [4.69, 9.17) is 33.2 Å². The van der Waals surface area contributed by atoms with Gasteiger partial charge >= 0.3 is 5.97 Å². The van der Waals surface area contributed by atoms with Crippen molar-refractivity contribution in [3.8, 4) is 0 Å². The van der Waals surface area contributed by atoms with Gasteiger partial charge < -0.3 is 58.4 Å². The van der Waals surface area contributed by atoms with Crippen molar-refractivity contribution < 1.29 is 68.0 Å². The molecule has 0 spiro atoms. The molecule has 0 radical (unpaired) electrons. The topological polar surface area (TPSA) is 200 Å². The summed E-state index contributed by atoms with van der Waals surface area (Å²) in [5.41, 5.74) is 0.702. The number of ketones is 1. The summed E-state index contributed by atoms with van der Waals surface area (Å²) < 4.78 is 41.8. The number of allylic oxidation sites excluding steroid dienone is 3. The number of aliphatic hydroxyl groups is 4. The molecule has 0 aromatic heterocycles. The highest BCUT2D eigenvalue weighted by Crippen LogP contribution is 2.35. The molecule has 4 N–H and O–H groups in total. The maximum atomic E-state index is 13.6. The monoisotopic (exact) mass is 785 g/mol. The molecule has 2 saturated heterocycles. The van der Waals surface area contributed by atoms with Crippen LogP contribution in [0.3, 0.4) is 0 Å². The number of likely N-dealkylation sites (N-methyl/N-ethyl adjacent to an activating group) is 1. The average molecular weight is 786 g/mol. The molecular formula is C40H67NO14. The maximum absolute atomic E-state index is 13.6. The van der Waals surface area contributed by atoms with Gasteiger partial charge in [-0.15, -0.1) is 0 Å². The molecule has 0 aliphatic carbocycles. The molecule has 3 rings (SSSR count). The van der Waals surface area contributed by atoms with E-state index in [1.807, 2.05) is 26.8 Å². The second-order valence-corrected chi connectivity index (χ2v) is 15.5. The Balaban J connectivity index is 1.97. The van der Waals surface area contributed by atoms with Crippen molar-refractivity contribution in [1.29, 1.82) is 0 Å². The summed E-state index contributed by atoms with van der Waals surface area (Å²) in [7, 11) is 4.71. The van der Waals surface area contributed by atoms with Crippen LogP contribution in [0.5, 0.6) is 0 Å². The molecule has 0 amide bonds. The number of methoxy groups -OCH3 is 2. The molecule has 15 heteroatoms. The number of aldehydes is 1. The molecule has 2 fully saturated rings. The lowest BCUT2D eigenvalue weighted by atomic mass is 9.79. The van der Waals surface area contributed by atoms with Gasteiger partial charge in [-0.2, -0.15) is 0 Å². The number of carbonyl (C=O) groups excluding carboxylic acids is 3. The minimum absolute atomic E-state index is 0.0123. The van der Waals surface area contributed by atoms with E-state index in [2.05, 4.69) is 0 Å². The zero-order chi connectivity index (χ0) is 41.1. The smallest absolute Gasteiger partial charge is 0.308 e. The van der Waals surface area contributed by atoms with Crippen molar-refractivity contribution in [2.75, 3.05) is 34.4 Å². The van der Waals surface area contributed by atoms with Gasteiger partial charge in [0.15, 0.2) is 18.4 Å². The molecule has 0 saturated carbocycles. The van der Waals surface area contributed by atoms with Crippen LogP contribution in [0.2, 0.25) is 0 Å². The second-order valence-electron chi connectivity index (χ2n) is 15.5. The van der Waals surface area contributed by atoms with Gasteiger partial charge in [0, 0.05) is 38.4 Å². The summed E-state index contributed by atoms with van der Waals surface area (Å²) in [6, 6.07) is -0.726. The summed E-state index contributed by atoms with van der Waals surface area (Å²) in [5, 5.41) is 44.5. The van der Waals surface area contributed by atoms with Gasteiger partial charge in [-0.1, -0.05) is 45.4 Å². The number of cyclic esters (lactones) is 1. The number of rotatable bonds is 12. The third-order valence-corrected chi connectivity index (χ3v) is 11.5. The van der Waals surface area contributed by atoms with Crippen molar-refractivity contribution in [1.82, 2.24) is 4.90 Å². The first kappa shape index (κ1) is 47.2. The van der Waals surface area contributed by atoms with Gasteiger partial charge in [0.1, 0.15) is 36.8 Å². The Hall–Kier alpha value is -2.15. The van der Waals surface area contributed by atoms with Crippen molar-refractivity contribution in [3.05, 3.63) is 23.8 Å². The molecule has 55 heavy (non-hydrogen) atoms. The summed E-state index contributed by atoms with van der Waals surface area (Å²) in [6.07, 6.45) is -5.34. The Morgan fingerprint density at radius 1 is 0.891 bits per heavy atom. The van der Waals surface area contributed by atoms with Crippen molar-refractivity contribution in [2.24, 2.45) is 23.7 Å². The van der Waals surface area contributed by atoms with Crippen LogP contribution in [0.4, 0.5) is 0 Å². The normalized spacial score (nSPS) is 41.5. The molecular weight excluding hydrogens is 718 g/mol. The lowest BCUT2D eigenvalue weighted by Gasteiger charge is -2.47. The van der Waals surface area contributed by atoms with E-state index in [9.17, 15) is 34.8 Å². The van der Waals surface area contributed by atoms with Crippen LogP contribution in [0.15, 0.2) is 23.8 Å². The quantitative estimate of drug-likeness (QED) is 0.165. The van der Waals surface area contributed by atoms with Crippen LogP contribution in [0.1, 0.15) is 74.1 Å². The third kappa shape index (κ3) is 12.2. The maximum Gasteiger partial charge on any atom is 0.308 e. The standard InChI is InChI=1S/C40H67NO14/c1-11-30-27(20-51-40-38(50-10)37(49-9)34(47)25(7)53-40)17-21(3)13-14-28(43)22(4)18-26(15-16-42)36(23(5)29(44)19-31(45)54-30)55-39-35(48)32(41(8)12-2)33(46)24(6)52-39/h13-14,16-17,22-27,29-30,32-40,44,46-48H,11-12,15,18-20H2,1-10H3/t22-,23+,24?,25?,26+,27-,29-,30-,32?,33?,34?,35?,36-,37?,38?,39?,40?/m1/s1. The Morgan fingerprint density at radius 3 is 2.13 bits per heavy atom. The van der Waals surface area contributed by atoms with Crippen LogP contribution in [-0.4, -0.2) is 157 Å². The Morgan fingerprint density at radius 2 is 1.53 bits per heavy atom. The number of ether oxygens (including phenoxy) is 7. The number of aliphatic hydroxyl groups excluding tert-OH is 4. The van der Waals surface area contributed by atoms with Crippen LogP contribution in [-0.2, 0) is 47.5 Å². The van der Waals surface area contributed by atoms with Gasteiger partial charge in [-0.3, -0.25) is 14.5 Å². The Kier molecular flexibility index (Phi) is 19.0. The SMILES string of the molecule is CC[C@H]1OC(=O)C[C@@H](O)[C@H](C)[C@@H](OC2OC(C)C(O)C(N(C)CC)C2O)[C@@H](CC=O)C[C@@H](C)C(=O)C=CC(C)=C[C@@H]1COC1OC(C)C(O)C(OC)C1OC. The number of hydrogen-bond donors (Lipinski definition) is 4. The number of carbonyl (C=O) groups is 3. The summed E-state index contributed by atoms with van der Waals surface area (Å²) in [5.74, 6) is -3.37. The first-order valence-corrected chi connectivity index (χ1v) is 19.6. The van der Waals surface area contributed by atoms with E-state index >= 15 is 0 Å². The lowest BCUT2D eigenvalue weighted by Crippen LogP contribution is -2.63. The van der Waals surface area contributed by atoms with E-state index in [1.54, 1.807) is 45.7 Å². The highest BCUT2D eigenvalue weighted by Gasteiger charge is 2.48. The van der Waals surface area contributed by atoms with Gasteiger partial charge in [0.25, 0.3) is 0 Å². The van der Waals surface area contributed by atoms with Crippen molar-refractivity contribution in [3.63, 3.8) is 0 Å². The number of esters is 1. The second kappa shape index (κ2) is 22.1. The van der Waals surface area contributed by atoms with Crippen LogP contribution >= 0.6 is 0 Å². The molecule has 10 unspecified atom stereocenters.